The minimum absolute atomic E-state index is 0.129. The monoisotopic (exact) mass is 341 g/mol. The molecule has 0 radical (unpaired) electrons. The van der Waals surface area contributed by atoms with Gasteiger partial charge in [-0.25, -0.2) is 0 Å². The number of nitrogens with one attached hydrogen (secondary N) is 3. The van der Waals surface area contributed by atoms with Crippen molar-refractivity contribution in [1.82, 2.24) is 16.2 Å². The summed E-state index contributed by atoms with van der Waals surface area (Å²) >= 11 is 5.89. The van der Waals surface area contributed by atoms with E-state index in [2.05, 4.69) is 16.2 Å². The molecule has 126 valence electrons. The summed E-state index contributed by atoms with van der Waals surface area (Å²) in [4.78, 5) is 34.7. The molecular weight excluding hydrogens is 322 g/mol. The number of halogens is 1. The van der Waals surface area contributed by atoms with E-state index >= 15 is 0 Å². The number of para-hydroxylation sites is 1. The average Bonchev–Trinajstić information content (AvgIpc) is 2.49. The molecule has 0 aromatic heterocycles. The number of rotatable bonds is 6. The van der Waals surface area contributed by atoms with Gasteiger partial charge in [0.2, 0.25) is 5.91 Å². The van der Waals surface area contributed by atoms with E-state index in [4.69, 9.17) is 16.3 Å². The molecule has 1 rings (SSSR count). The first-order valence-electron chi connectivity index (χ1n) is 7.04. The Morgan fingerprint density at radius 1 is 1.17 bits per heavy atom. The van der Waals surface area contributed by atoms with E-state index in [1.165, 1.54) is 6.92 Å². The van der Waals surface area contributed by atoms with E-state index in [0.717, 1.165) is 0 Å². The minimum atomic E-state index is -0.739. The minimum Gasteiger partial charge on any atom is -0.482 e. The van der Waals surface area contributed by atoms with Crippen molar-refractivity contribution in [2.24, 2.45) is 5.92 Å². The van der Waals surface area contributed by atoms with Crippen molar-refractivity contribution in [3.63, 3.8) is 0 Å². The van der Waals surface area contributed by atoms with Crippen LogP contribution in [0.15, 0.2) is 24.3 Å². The Balaban J connectivity index is 2.44. The maximum atomic E-state index is 12.0. The Bertz CT molecular complexity index is 578. The third-order valence-corrected chi connectivity index (χ3v) is 3.14. The largest absolute Gasteiger partial charge is 0.482 e. The van der Waals surface area contributed by atoms with Crippen molar-refractivity contribution in [2.45, 2.75) is 26.8 Å². The van der Waals surface area contributed by atoms with Crippen LogP contribution in [0.3, 0.4) is 0 Å². The third-order valence-electron chi connectivity index (χ3n) is 2.83. The molecule has 0 aliphatic heterocycles. The number of amides is 3. The fraction of sp³-hybridized carbons (Fsp3) is 0.400. The van der Waals surface area contributed by atoms with Gasteiger partial charge in [-0.2, -0.15) is 0 Å². The molecule has 8 heteroatoms. The molecule has 0 aliphatic carbocycles. The highest BCUT2D eigenvalue weighted by atomic mass is 35.5. The summed E-state index contributed by atoms with van der Waals surface area (Å²) in [6.07, 6.45) is 0. The molecule has 0 bridgehead atoms. The lowest BCUT2D eigenvalue weighted by Crippen LogP contribution is -2.54. The van der Waals surface area contributed by atoms with Crippen LogP contribution in [0.25, 0.3) is 0 Å². The summed E-state index contributed by atoms with van der Waals surface area (Å²) in [5.74, 6) is -1.15. The number of ether oxygens (including phenoxy) is 1. The van der Waals surface area contributed by atoms with Gasteiger partial charge >= 0.3 is 0 Å². The maximum absolute atomic E-state index is 12.0. The van der Waals surface area contributed by atoms with Crippen LogP contribution in [0.2, 0.25) is 5.02 Å². The van der Waals surface area contributed by atoms with E-state index in [-0.39, 0.29) is 18.4 Å². The standard InChI is InChI=1S/C15H20ClN3O4/c1-9(2)14(17-10(3)20)15(22)19-18-13(21)8-23-12-7-5-4-6-11(12)16/h4-7,9,14H,8H2,1-3H3,(H,17,20)(H,18,21)(H,19,22)/t14-/m1/s1. The molecule has 3 amide bonds. The first-order valence-corrected chi connectivity index (χ1v) is 7.42. The molecule has 0 spiro atoms. The van der Waals surface area contributed by atoms with E-state index in [9.17, 15) is 14.4 Å². The second kappa shape index (κ2) is 8.99. The SMILES string of the molecule is CC(=O)N[C@@H](C(=O)NNC(=O)COc1ccccc1Cl)C(C)C. The smallest absolute Gasteiger partial charge is 0.276 e. The molecule has 1 aromatic carbocycles. The Morgan fingerprint density at radius 2 is 1.83 bits per heavy atom. The van der Waals surface area contributed by atoms with Crippen LogP contribution in [0.5, 0.6) is 5.75 Å². The van der Waals surface area contributed by atoms with Gasteiger partial charge in [0.15, 0.2) is 6.61 Å². The van der Waals surface area contributed by atoms with Crippen molar-refractivity contribution in [1.29, 1.82) is 0 Å². The molecular formula is C15H20ClN3O4. The van der Waals surface area contributed by atoms with Crippen LogP contribution in [-0.2, 0) is 14.4 Å². The lowest BCUT2D eigenvalue weighted by Gasteiger charge is -2.21. The Morgan fingerprint density at radius 3 is 2.39 bits per heavy atom. The molecule has 1 atom stereocenters. The van der Waals surface area contributed by atoms with E-state index in [1.807, 2.05) is 0 Å². The molecule has 7 nitrogen and oxygen atoms in total. The molecule has 0 heterocycles. The van der Waals surface area contributed by atoms with Crippen LogP contribution < -0.4 is 20.9 Å². The Hall–Kier alpha value is -2.28. The lowest BCUT2D eigenvalue weighted by atomic mass is 10.0. The number of hydrazine groups is 1. The quantitative estimate of drug-likeness (QED) is 0.673. The molecule has 3 N–H and O–H groups in total. The Labute approximate surface area is 139 Å². The second-order valence-electron chi connectivity index (χ2n) is 5.18. The normalized spacial score (nSPS) is 11.5. The van der Waals surface area contributed by atoms with Gasteiger partial charge in [-0.3, -0.25) is 25.2 Å². The molecule has 0 saturated carbocycles. The number of carbonyl (C=O) groups excluding carboxylic acids is 3. The highest BCUT2D eigenvalue weighted by Gasteiger charge is 2.23. The molecule has 23 heavy (non-hydrogen) atoms. The number of benzene rings is 1. The van der Waals surface area contributed by atoms with Crippen molar-refractivity contribution in [3.05, 3.63) is 29.3 Å². The third kappa shape index (κ3) is 6.56. The average molecular weight is 342 g/mol. The van der Waals surface area contributed by atoms with Gasteiger partial charge in [0, 0.05) is 6.92 Å². The zero-order valence-corrected chi connectivity index (χ0v) is 13.9. The fourth-order valence-corrected chi connectivity index (χ4v) is 1.89. The van der Waals surface area contributed by atoms with Gasteiger partial charge in [-0.1, -0.05) is 37.6 Å². The molecule has 0 saturated heterocycles. The maximum Gasteiger partial charge on any atom is 0.276 e. The fourth-order valence-electron chi connectivity index (χ4n) is 1.70. The topological polar surface area (TPSA) is 96.5 Å². The first-order chi connectivity index (χ1) is 10.8. The summed E-state index contributed by atoms with van der Waals surface area (Å²) in [5.41, 5.74) is 4.48. The first kappa shape index (κ1) is 18.8. The molecule has 1 aromatic rings. The van der Waals surface area contributed by atoms with Crippen LogP contribution in [-0.4, -0.2) is 30.4 Å². The van der Waals surface area contributed by atoms with Crippen molar-refractivity contribution in [3.8, 4) is 5.75 Å². The van der Waals surface area contributed by atoms with Crippen LogP contribution in [0, 0.1) is 5.92 Å². The summed E-state index contributed by atoms with van der Waals surface area (Å²) < 4.78 is 5.24. The highest BCUT2D eigenvalue weighted by molar-refractivity contribution is 6.32. The van der Waals surface area contributed by atoms with Gasteiger partial charge in [0.05, 0.1) is 5.02 Å². The van der Waals surface area contributed by atoms with Crippen LogP contribution >= 0.6 is 11.6 Å². The van der Waals surface area contributed by atoms with Gasteiger partial charge in [0.1, 0.15) is 11.8 Å². The van der Waals surface area contributed by atoms with Crippen LogP contribution in [0.1, 0.15) is 20.8 Å². The molecule has 0 aliphatic rings. The van der Waals surface area contributed by atoms with Gasteiger partial charge in [0.25, 0.3) is 11.8 Å². The number of hydrogen-bond acceptors (Lipinski definition) is 4. The highest BCUT2D eigenvalue weighted by Crippen LogP contribution is 2.22. The predicted molar refractivity (Wildman–Crippen MR) is 85.7 cm³/mol. The lowest BCUT2D eigenvalue weighted by molar-refractivity contribution is -0.133. The summed E-state index contributed by atoms with van der Waals surface area (Å²) in [7, 11) is 0. The van der Waals surface area contributed by atoms with E-state index in [0.29, 0.717) is 10.8 Å². The molecule has 0 fully saturated rings. The van der Waals surface area contributed by atoms with Gasteiger partial charge in [-0.05, 0) is 18.1 Å². The Kier molecular flexibility index (Phi) is 7.34. The summed E-state index contributed by atoms with van der Waals surface area (Å²) in [6.45, 7) is 4.57. The predicted octanol–water partition coefficient (Wildman–Crippen LogP) is 1.03. The number of hydrogen-bond donors (Lipinski definition) is 3. The second-order valence-corrected chi connectivity index (χ2v) is 5.59. The summed E-state index contributed by atoms with van der Waals surface area (Å²) in [5, 5.41) is 2.90. The van der Waals surface area contributed by atoms with Gasteiger partial charge in [-0.15, -0.1) is 0 Å². The zero-order valence-electron chi connectivity index (χ0n) is 13.2. The number of carbonyl (C=O) groups is 3. The van der Waals surface area contributed by atoms with E-state index < -0.39 is 17.9 Å². The van der Waals surface area contributed by atoms with Crippen molar-refractivity contribution in [2.75, 3.05) is 6.61 Å². The zero-order chi connectivity index (χ0) is 17.4. The van der Waals surface area contributed by atoms with Gasteiger partial charge < -0.3 is 10.1 Å². The van der Waals surface area contributed by atoms with Crippen LogP contribution in [0.4, 0.5) is 0 Å². The van der Waals surface area contributed by atoms with Crippen molar-refractivity contribution >= 4 is 29.3 Å². The molecule has 0 unspecified atom stereocenters. The van der Waals surface area contributed by atoms with E-state index in [1.54, 1.807) is 38.1 Å². The summed E-state index contributed by atoms with van der Waals surface area (Å²) in [6, 6.07) is 5.99. The van der Waals surface area contributed by atoms with Crippen molar-refractivity contribution < 1.29 is 19.1 Å².